The molecule has 0 aliphatic rings. The summed E-state index contributed by atoms with van der Waals surface area (Å²) < 4.78 is 0. The molecular weight excluding hydrogens is 156 g/mol. The largest absolute Gasteiger partial charge is 0.0988 e. The van der Waals surface area contributed by atoms with Gasteiger partial charge in [-0.05, 0) is 37.5 Å². The average Bonchev–Trinajstić information content (AvgIpc) is 2.17. The molecule has 0 amide bonds. The topological polar surface area (TPSA) is 0 Å². The van der Waals surface area contributed by atoms with E-state index in [2.05, 4.69) is 25.3 Å². The summed E-state index contributed by atoms with van der Waals surface area (Å²) in [4.78, 5) is 0. The van der Waals surface area contributed by atoms with Crippen molar-refractivity contribution in [3.05, 3.63) is 60.3 Å². The molecule has 70 valence electrons. The molecule has 0 heteroatoms. The maximum atomic E-state index is 3.80. The second-order valence-electron chi connectivity index (χ2n) is 2.75. The Morgan fingerprint density at radius 2 is 1.69 bits per heavy atom. The first-order chi connectivity index (χ1) is 6.21. The fourth-order valence-electron chi connectivity index (χ4n) is 1.14. The van der Waals surface area contributed by atoms with Gasteiger partial charge in [0.25, 0.3) is 0 Å². The fourth-order valence-corrected chi connectivity index (χ4v) is 1.14. The van der Waals surface area contributed by atoms with Gasteiger partial charge in [-0.25, -0.2) is 0 Å². The lowest BCUT2D eigenvalue weighted by molar-refractivity contribution is 1.39. The molecule has 0 rings (SSSR count). The van der Waals surface area contributed by atoms with E-state index in [-0.39, 0.29) is 0 Å². The van der Waals surface area contributed by atoms with Crippen LogP contribution in [0.3, 0.4) is 0 Å². The number of hydrogen-bond acceptors (Lipinski definition) is 0. The van der Waals surface area contributed by atoms with Crippen molar-refractivity contribution in [3.8, 4) is 0 Å². The van der Waals surface area contributed by atoms with E-state index in [4.69, 9.17) is 0 Å². The molecule has 0 aliphatic heterocycles. The summed E-state index contributed by atoms with van der Waals surface area (Å²) >= 11 is 0. The predicted octanol–water partition coefficient (Wildman–Crippen LogP) is 4.20. The van der Waals surface area contributed by atoms with Crippen LogP contribution in [0, 0.1) is 0 Å². The van der Waals surface area contributed by atoms with E-state index in [9.17, 15) is 0 Å². The standard InChI is InChI=1S/C13H18/c1-6-10-12(8-3)13(9-4)11(5)7-2/h6-10H,2,4H2,1,3,5H3/b10-6-,12-8-,13-11-. The van der Waals surface area contributed by atoms with Crippen molar-refractivity contribution in [2.45, 2.75) is 20.8 Å². The Hall–Kier alpha value is -1.30. The molecule has 0 aromatic rings. The van der Waals surface area contributed by atoms with Gasteiger partial charge in [-0.2, -0.15) is 0 Å². The molecule has 0 saturated heterocycles. The van der Waals surface area contributed by atoms with Gasteiger partial charge in [0.1, 0.15) is 0 Å². The first-order valence-electron chi connectivity index (χ1n) is 4.46. The van der Waals surface area contributed by atoms with E-state index < -0.39 is 0 Å². The summed E-state index contributed by atoms with van der Waals surface area (Å²) in [5.74, 6) is 0. The highest BCUT2D eigenvalue weighted by atomic mass is 14.0. The lowest BCUT2D eigenvalue weighted by Crippen LogP contribution is -1.86. The minimum atomic E-state index is 1.15. The Labute approximate surface area is 81.7 Å². The Morgan fingerprint density at radius 3 is 2.00 bits per heavy atom. The van der Waals surface area contributed by atoms with Crippen molar-refractivity contribution in [3.63, 3.8) is 0 Å². The van der Waals surface area contributed by atoms with Gasteiger partial charge in [-0.1, -0.05) is 43.5 Å². The third kappa shape index (κ3) is 3.29. The number of allylic oxidation sites excluding steroid dienone is 8. The van der Waals surface area contributed by atoms with Crippen LogP contribution in [0.1, 0.15) is 20.8 Å². The molecule has 0 spiro atoms. The summed E-state index contributed by atoms with van der Waals surface area (Å²) in [5, 5.41) is 0. The summed E-state index contributed by atoms with van der Waals surface area (Å²) in [6.45, 7) is 13.6. The van der Waals surface area contributed by atoms with Crippen LogP contribution in [0.2, 0.25) is 0 Å². The van der Waals surface area contributed by atoms with Gasteiger partial charge < -0.3 is 0 Å². The van der Waals surface area contributed by atoms with Gasteiger partial charge in [-0.3, -0.25) is 0 Å². The monoisotopic (exact) mass is 174 g/mol. The summed E-state index contributed by atoms with van der Waals surface area (Å²) in [5.41, 5.74) is 3.49. The van der Waals surface area contributed by atoms with Crippen molar-refractivity contribution in [1.29, 1.82) is 0 Å². The first-order valence-corrected chi connectivity index (χ1v) is 4.46. The molecule has 0 bridgehead atoms. The molecule has 0 N–H and O–H groups in total. The third-order valence-corrected chi connectivity index (χ3v) is 1.90. The maximum absolute atomic E-state index is 3.80. The lowest BCUT2D eigenvalue weighted by Gasteiger charge is -2.05. The van der Waals surface area contributed by atoms with Gasteiger partial charge in [-0.15, -0.1) is 0 Å². The molecule has 13 heavy (non-hydrogen) atoms. The van der Waals surface area contributed by atoms with E-state index >= 15 is 0 Å². The maximum Gasteiger partial charge on any atom is -0.0164 e. The van der Waals surface area contributed by atoms with E-state index in [1.165, 1.54) is 5.57 Å². The SMILES string of the molecule is C=C\C(C)=C(C=C)/C(/C=C\C)=C\C. The molecule has 0 unspecified atom stereocenters. The van der Waals surface area contributed by atoms with Crippen LogP contribution >= 0.6 is 0 Å². The Bertz CT molecular complexity index is 272. The number of rotatable bonds is 4. The van der Waals surface area contributed by atoms with Crippen LogP contribution < -0.4 is 0 Å². The number of hydrogen-bond donors (Lipinski definition) is 0. The van der Waals surface area contributed by atoms with Crippen molar-refractivity contribution in [2.75, 3.05) is 0 Å². The molecule has 0 nitrogen and oxygen atoms in total. The zero-order valence-corrected chi connectivity index (χ0v) is 8.80. The normalized spacial score (nSPS) is 14.2. The summed E-state index contributed by atoms with van der Waals surface area (Å²) in [6, 6.07) is 0. The van der Waals surface area contributed by atoms with Gasteiger partial charge in [0.05, 0.1) is 0 Å². The first kappa shape index (κ1) is 11.7. The van der Waals surface area contributed by atoms with E-state index in [0.29, 0.717) is 0 Å². The second kappa shape index (κ2) is 6.24. The quantitative estimate of drug-likeness (QED) is 0.560. The molecule has 0 fully saturated rings. The Kier molecular flexibility index (Phi) is 5.62. The third-order valence-electron chi connectivity index (χ3n) is 1.90. The lowest BCUT2D eigenvalue weighted by atomic mass is 10.00. The van der Waals surface area contributed by atoms with Crippen molar-refractivity contribution in [1.82, 2.24) is 0 Å². The minimum Gasteiger partial charge on any atom is -0.0988 e. The predicted molar refractivity (Wildman–Crippen MR) is 61.7 cm³/mol. The van der Waals surface area contributed by atoms with Crippen LogP contribution in [0.5, 0.6) is 0 Å². The van der Waals surface area contributed by atoms with E-state index in [0.717, 1.165) is 11.1 Å². The van der Waals surface area contributed by atoms with Crippen molar-refractivity contribution < 1.29 is 0 Å². The highest BCUT2D eigenvalue weighted by Gasteiger charge is 1.98. The van der Waals surface area contributed by atoms with Crippen LogP contribution in [0.4, 0.5) is 0 Å². The van der Waals surface area contributed by atoms with E-state index in [1.807, 2.05) is 39.0 Å². The van der Waals surface area contributed by atoms with Gasteiger partial charge in [0.15, 0.2) is 0 Å². The highest BCUT2D eigenvalue weighted by Crippen LogP contribution is 2.17. The Balaban J connectivity index is 5.19. The molecule has 0 saturated carbocycles. The summed E-state index contributed by atoms with van der Waals surface area (Å²) in [6.07, 6.45) is 9.89. The molecule has 0 aliphatic carbocycles. The molecule has 0 heterocycles. The van der Waals surface area contributed by atoms with Crippen molar-refractivity contribution >= 4 is 0 Å². The smallest absolute Gasteiger partial charge is 0.0164 e. The zero-order chi connectivity index (χ0) is 10.3. The van der Waals surface area contributed by atoms with Gasteiger partial charge >= 0.3 is 0 Å². The molecular formula is C13H18. The van der Waals surface area contributed by atoms with Crippen LogP contribution in [-0.2, 0) is 0 Å². The molecule has 0 aromatic heterocycles. The van der Waals surface area contributed by atoms with Gasteiger partial charge in [0.2, 0.25) is 0 Å². The van der Waals surface area contributed by atoms with Crippen LogP contribution in [-0.4, -0.2) is 0 Å². The molecule has 0 atom stereocenters. The zero-order valence-electron chi connectivity index (χ0n) is 8.80. The highest BCUT2D eigenvalue weighted by molar-refractivity contribution is 5.50. The van der Waals surface area contributed by atoms with Crippen LogP contribution in [0.15, 0.2) is 60.3 Å². The fraction of sp³-hybridized carbons (Fsp3) is 0.231. The molecule has 0 aromatic carbocycles. The van der Waals surface area contributed by atoms with Crippen LogP contribution in [0.25, 0.3) is 0 Å². The minimum absolute atomic E-state index is 1.15. The van der Waals surface area contributed by atoms with Gasteiger partial charge in [0, 0.05) is 0 Å². The Morgan fingerprint density at radius 1 is 1.08 bits per heavy atom. The molecule has 0 radical (unpaired) electrons. The summed E-state index contributed by atoms with van der Waals surface area (Å²) in [7, 11) is 0. The van der Waals surface area contributed by atoms with Crippen molar-refractivity contribution in [2.24, 2.45) is 0 Å². The van der Waals surface area contributed by atoms with E-state index in [1.54, 1.807) is 0 Å². The average molecular weight is 174 g/mol. The second-order valence-corrected chi connectivity index (χ2v) is 2.75.